The van der Waals surface area contributed by atoms with Gasteiger partial charge in [-0.1, -0.05) is 22.0 Å². The van der Waals surface area contributed by atoms with Crippen LogP contribution in [-0.2, 0) is 0 Å². The van der Waals surface area contributed by atoms with E-state index in [2.05, 4.69) is 25.8 Å². The van der Waals surface area contributed by atoms with Gasteiger partial charge < -0.3 is 9.64 Å². The number of hydrogen-bond donors (Lipinski definition) is 0. The number of nitro groups is 1. The summed E-state index contributed by atoms with van der Waals surface area (Å²) in [5.74, 6) is 1.66. The van der Waals surface area contributed by atoms with Crippen LogP contribution in [0.3, 0.4) is 0 Å². The number of aromatic nitrogens is 1. The molecule has 0 radical (unpaired) electrons. The largest absolute Gasteiger partial charge is 0.490 e. The lowest BCUT2D eigenvalue weighted by atomic mass is 10.1. The molecule has 1 saturated heterocycles. The third kappa shape index (κ3) is 3.84. The lowest BCUT2D eigenvalue weighted by Crippen LogP contribution is -2.38. The number of hydrogen-bond acceptors (Lipinski definition) is 5. The van der Waals surface area contributed by atoms with E-state index in [1.807, 2.05) is 24.3 Å². The lowest BCUT2D eigenvalue weighted by Gasteiger charge is -2.33. The average Bonchev–Trinajstić information content (AvgIpc) is 2.55. The zero-order valence-electron chi connectivity index (χ0n) is 13.3. The summed E-state index contributed by atoms with van der Waals surface area (Å²) in [5.41, 5.74) is 0.698. The van der Waals surface area contributed by atoms with Gasteiger partial charge in [0.15, 0.2) is 0 Å². The van der Waals surface area contributed by atoms with Gasteiger partial charge in [-0.05, 0) is 31.2 Å². The minimum atomic E-state index is -0.399. The van der Waals surface area contributed by atoms with Crippen molar-refractivity contribution in [3.8, 4) is 5.75 Å². The first-order valence-corrected chi connectivity index (χ1v) is 8.60. The Bertz CT molecular complexity index is 746. The van der Waals surface area contributed by atoms with E-state index >= 15 is 0 Å². The molecule has 2 aromatic rings. The number of anilines is 1. The molecule has 24 heavy (non-hydrogen) atoms. The van der Waals surface area contributed by atoms with Crippen molar-refractivity contribution in [3.63, 3.8) is 0 Å². The molecule has 0 N–H and O–H groups in total. The first-order valence-electron chi connectivity index (χ1n) is 7.81. The Morgan fingerprint density at radius 1 is 1.33 bits per heavy atom. The van der Waals surface area contributed by atoms with Gasteiger partial charge >= 0.3 is 0 Å². The molecule has 1 aliphatic rings. The molecule has 0 atom stereocenters. The highest BCUT2D eigenvalue weighted by atomic mass is 79.9. The summed E-state index contributed by atoms with van der Waals surface area (Å²) in [7, 11) is 0. The number of pyridine rings is 1. The number of piperidine rings is 1. The second kappa shape index (κ2) is 7.17. The molecule has 1 aromatic carbocycles. The summed E-state index contributed by atoms with van der Waals surface area (Å²) in [6.45, 7) is 3.39. The minimum absolute atomic E-state index is 0.0617. The fourth-order valence-electron chi connectivity index (χ4n) is 2.83. The summed E-state index contributed by atoms with van der Waals surface area (Å²) >= 11 is 3.45. The molecule has 1 fully saturated rings. The molecule has 0 saturated carbocycles. The normalized spacial score (nSPS) is 15.3. The van der Waals surface area contributed by atoms with Crippen molar-refractivity contribution in [2.24, 2.45) is 0 Å². The number of rotatable bonds is 4. The molecule has 1 aromatic heterocycles. The Hall–Kier alpha value is -2.15. The van der Waals surface area contributed by atoms with Crippen LogP contribution in [0.25, 0.3) is 0 Å². The van der Waals surface area contributed by atoms with Crippen molar-refractivity contribution >= 4 is 27.4 Å². The molecule has 3 rings (SSSR count). The van der Waals surface area contributed by atoms with Gasteiger partial charge in [-0.3, -0.25) is 10.1 Å². The number of aryl methyl sites for hydroxylation is 1. The lowest BCUT2D eigenvalue weighted by molar-refractivity contribution is -0.385. The van der Waals surface area contributed by atoms with E-state index in [0.29, 0.717) is 5.56 Å². The van der Waals surface area contributed by atoms with Crippen LogP contribution in [-0.4, -0.2) is 29.1 Å². The Balaban J connectivity index is 1.61. The first kappa shape index (κ1) is 16.7. The average molecular weight is 392 g/mol. The summed E-state index contributed by atoms with van der Waals surface area (Å²) < 4.78 is 7.03. The fourth-order valence-corrected chi connectivity index (χ4v) is 3.21. The topological polar surface area (TPSA) is 68.5 Å². The molecule has 6 nitrogen and oxygen atoms in total. The monoisotopic (exact) mass is 391 g/mol. The molecular weight excluding hydrogens is 374 g/mol. The predicted octanol–water partition coefficient (Wildman–Crippen LogP) is 4.11. The van der Waals surface area contributed by atoms with Crippen molar-refractivity contribution in [1.82, 2.24) is 4.98 Å². The van der Waals surface area contributed by atoms with Crippen LogP contribution in [0.4, 0.5) is 11.5 Å². The summed E-state index contributed by atoms with van der Waals surface area (Å²) in [4.78, 5) is 16.9. The SMILES string of the molecule is Cc1cc(N2CCC(Oc3cccc(Br)c3)CC2)ncc1[N+](=O)[O-]. The standard InChI is InChI=1S/C17H18BrN3O3/c1-12-9-17(19-11-16(12)21(22)23)20-7-5-14(6-8-20)24-15-4-2-3-13(18)10-15/h2-4,9-11,14H,5-8H2,1H3. The van der Waals surface area contributed by atoms with Crippen molar-refractivity contribution in [2.45, 2.75) is 25.9 Å². The van der Waals surface area contributed by atoms with Crippen LogP contribution in [0, 0.1) is 17.0 Å². The van der Waals surface area contributed by atoms with Gasteiger partial charge in [0.2, 0.25) is 0 Å². The highest BCUT2D eigenvalue weighted by Crippen LogP contribution is 2.26. The molecule has 7 heteroatoms. The number of ether oxygens (including phenoxy) is 1. The van der Waals surface area contributed by atoms with E-state index < -0.39 is 4.92 Å². The van der Waals surface area contributed by atoms with Gasteiger partial charge in [-0.2, -0.15) is 0 Å². The maximum absolute atomic E-state index is 10.9. The van der Waals surface area contributed by atoms with E-state index in [0.717, 1.165) is 42.0 Å². The molecule has 0 bridgehead atoms. The Morgan fingerprint density at radius 2 is 2.08 bits per heavy atom. The van der Waals surface area contributed by atoms with Crippen molar-refractivity contribution < 1.29 is 9.66 Å². The van der Waals surface area contributed by atoms with Crippen molar-refractivity contribution in [3.05, 3.63) is 56.7 Å². The van der Waals surface area contributed by atoms with Gasteiger partial charge in [-0.15, -0.1) is 0 Å². The number of halogens is 1. The van der Waals surface area contributed by atoms with Crippen LogP contribution in [0.5, 0.6) is 5.75 Å². The molecule has 0 unspecified atom stereocenters. The second-order valence-corrected chi connectivity index (χ2v) is 6.76. The first-order chi connectivity index (χ1) is 11.5. The second-order valence-electron chi connectivity index (χ2n) is 5.85. The number of nitrogens with zero attached hydrogens (tertiary/aromatic N) is 3. The van der Waals surface area contributed by atoms with Crippen LogP contribution in [0.1, 0.15) is 18.4 Å². The van der Waals surface area contributed by atoms with Gasteiger partial charge in [0.1, 0.15) is 23.9 Å². The Morgan fingerprint density at radius 3 is 2.71 bits per heavy atom. The fraction of sp³-hybridized carbons (Fsp3) is 0.353. The van der Waals surface area contributed by atoms with Crippen LogP contribution in [0.2, 0.25) is 0 Å². The molecule has 0 aliphatic carbocycles. The van der Waals surface area contributed by atoms with E-state index in [1.165, 1.54) is 6.20 Å². The van der Waals surface area contributed by atoms with E-state index in [-0.39, 0.29) is 11.8 Å². The Labute approximate surface area is 148 Å². The van der Waals surface area contributed by atoms with Crippen LogP contribution >= 0.6 is 15.9 Å². The van der Waals surface area contributed by atoms with Crippen molar-refractivity contribution in [1.29, 1.82) is 0 Å². The van der Waals surface area contributed by atoms with Gasteiger partial charge in [0.05, 0.1) is 4.92 Å². The number of benzene rings is 1. The zero-order valence-corrected chi connectivity index (χ0v) is 14.9. The Kier molecular flexibility index (Phi) is 4.99. The van der Waals surface area contributed by atoms with Gasteiger partial charge in [-0.25, -0.2) is 4.98 Å². The summed E-state index contributed by atoms with van der Waals surface area (Å²) in [6.07, 6.45) is 3.30. The maximum Gasteiger partial charge on any atom is 0.290 e. The van der Waals surface area contributed by atoms with E-state index in [9.17, 15) is 10.1 Å². The van der Waals surface area contributed by atoms with Crippen LogP contribution < -0.4 is 9.64 Å². The molecule has 2 heterocycles. The molecular formula is C17H18BrN3O3. The zero-order chi connectivity index (χ0) is 17.1. The quantitative estimate of drug-likeness (QED) is 0.579. The minimum Gasteiger partial charge on any atom is -0.490 e. The highest BCUT2D eigenvalue weighted by molar-refractivity contribution is 9.10. The van der Waals surface area contributed by atoms with E-state index in [1.54, 1.807) is 13.0 Å². The van der Waals surface area contributed by atoms with Crippen molar-refractivity contribution in [2.75, 3.05) is 18.0 Å². The molecule has 1 aliphatic heterocycles. The van der Waals surface area contributed by atoms with Gasteiger partial charge in [0.25, 0.3) is 5.69 Å². The van der Waals surface area contributed by atoms with Gasteiger partial charge in [0, 0.05) is 36.0 Å². The van der Waals surface area contributed by atoms with E-state index in [4.69, 9.17) is 4.74 Å². The molecule has 0 amide bonds. The maximum atomic E-state index is 10.9. The third-order valence-corrected chi connectivity index (χ3v) is 4.62. The third-order valence-electron chi connectivity index (χ3n) is 4.13. The molecule has 126 valence electrons. The molecule has 0 spiro atoms. The predicted molar refractivity (Wildman–Crippen MR) is 95.6 cm³/mol. The van der Waals surface area contributed by atoms with Crippen LogP contribution in [0.15, 0.2) is 41.0 Å². The highest BCUT2D eigenvalue weighted by Gasteiger charge is 2.23. The summed E-state index contributed by atoms with van der Waals surface area (Å²) in [5, 5.41) is 10.9. The smallest absolute Gasteiger partial charge is 0.290 e. The summed E-state index contributed by atoms with van der Waals surface area (Å²) in [6, 6.07) is 9.63.